The molecule has 0 heterocycles. The first-order valence-electron chi connectivity index (χ1n) is 8.08. The van der Waals surface area contributed by atoms with Crippen molar-refractivity contribution in [1.82, 2.24) is 0 Å². The molecule has 0 spiro atoms. The maximum absolute atomic E-state index is 12.2. The van der Waals surface area contributed by atoms with Crippen molar-refractivity contribution in [2.45, 2.75) is 0 Å². The van der Waals surface area contributed by atoms with Crippen molar-refractivity contribution < 1.29 is 14.7 Å². The molecule has 4 heteroatoms. The highest BCUT2D eigenvalue weighted by molar-refractivity contribution is 6.04. The highest BCUT2D eigenvalue weighted by Crippen LogP contribution is 2.19. The van der Waals surface area contributed by atoms with Gasteiger partial charge in [-0.05, 0) is 28.8 Å². The van der Waals surface area contributed by atoms with Crippen LogP contribution in [0.4, 0.5) is 5.69 Å². The molecule has 0 saturated carbocycles. The lowest BCUT2D eigenvalue weighted by molar-refractivity contribution is -0.255. The molecule has 1 N–H and O–H groups in total. The number of ketones is 1. The van der Waals surface area contributed by atoms with Crippen LogP contribution in [0.5, 0.6) is 0 Å². The Morgan fingerprint density at radius 1 is 0.731 bits per heavy atom. The zero-order chi connectivity index (χ0) is 18.4. The van der Waals surface area contributed by atoms with Gasteiger partial charge in [-0.3, -0.25) is 4.79 Å². The van der Waals surface area contributed by atoms with Crippen LogP contribution in [0.15, 0.2) is 91.1 Å². The summed E-state index contributed by atoms with van der Waals surface area (Å²) in [5.74, 6) is -1.34. The van der Waals surface area contributed by atoms with Crippen LogP contribution in [0.2, 0.25) is 0 Å². The van der Waals surface area contributed by atoms with Gasteiger partial charge in [-0.2, -0.15) is 0 Å². The standard InChI is InChI=1S/C22H17NO3/c24-21(14-15-23-20-12-10-19(11-13-20)22(25)26)18-8-6-17(7-9-18)16-4-2-1-3-5-16/h1-15,23H,(H,25,26)/p-1. The Morgan fingerprint density at radius 2 is 1.31 bits per heavy atom. The van der Waals surface area contributed by atoms with Crippen molar-refractivity contribution in [3.05, 3.63) is 102 Å². The van der Waals surface area contributed by atoms with E-state index in [1.165, 1.54) is 24.4 Å². The normalized spacial score (nSPS) is 10.6. The van der Waals surface area contributed by atoms with Gasteiger partial charge in [-0.25, -0.2) is 0 Å². The van der Waals surface area contributed by atoms with Crippen molar-refractivity contribution in [2.24, 2.45) is 0 Å². The molecule has 0 amide bonds. The molecule has 3 aromatic rings. The first-order chi connectivity index (χ1) is 12.6. The smallest absolute Gasteiger partial charge is 0.187 e. The van der Waals surface area contributed by atoms with Crippen molar-refractivity contribution in [3.63, 3.8) is 0 Å². The molecule has 128 valence electrons. The minimum absolute atomic E-state index is 0.106. The van der Waals surface area contributed by atoms with E-state index in [2.05, 4.69) is 5.32 Å². The minimum Gasteiger partial charge on any atom is -0.545 e. The largest absolute Gasteiger partial charge is 0.545 e. The molecule has 0 aromatic heterocycles. The summed E-state index contributed by atoms with van der Waals surface area (Å²) in [6.07, 6.45) is 2.96. The number of carbonyl (C=O) groups excluding carboxylic acids is 2. The van der Waals surface area contributed by atoms with E-state index < -0.39 is 5.97 Å². The van der Waals surface area contributed by atoms with Crippen molar-refractivity contribution in [2.75, 3.05) is 5.32 Å². The van der Waals surface area contributed by atoms with Crippen LogP contribution in [0, 0.1) is 0 Å². The van der Waals surface area contributed by atoms with E-state index in [-0.39, 0.29) is 11.3 Å². The van der Waals surface area contributed by atoms with E-state index in [9.17, 15) is 14.7 Å². The van der Waals surface area contributed by atoms with Crippen LogP contribution in [-0.2, 0) is 0 Å². The topological polar surface area (TPSA) is 69.2 Å². The fourth-order valence-corrected chi connectivity index (χ4v) is 2.47. The molecule has 4 nitrogen and oxygen atoms in total. The zero-order valence-electron chi connectivity index (χ0n) is 13.9. The van der Waals surface area contributed by atoms with E-state index in [4.69, 9.17) is 0 Å². The second kappa shape index (κ2) is 7.94. The lowest BCUT2D eigenvalue weighted by Crippen LogP contribution is -2.21. The molecule has 0 atom stereocenters. The minimum atomic E-state index is -1.22. The molecule has 0 saturated heterocycles. The highest BCUT2D eigenvalue weighted by atomic mass is 16.4. The summed E-state index contributed by atoms with van der Waals surface area (Å²) in [5.41, 5.74) is 3.53. The number of aromatic carboxylic acids is 1. The predicted octanol–water partition coefficient (Wildman–Crippen LogP) is 3.53. The number of allylic oxidation sites excluding steroid dienone is 1. The third-order valence-electron chi connectivity index (χ3n) is 3.88. The van der Waals surface area contributed by atoms with Gasteiger partial charge < -0.3 is 15.2 Å². The Bertz CT molecular complexity index is 927. The van der Waals surface area contributed by atoms with Gasteiger partial charge in [0.2, 0.25) is 0 Å². The summed E-state index contributed by atoms with van der Waals surface area (Å²) in [4.78, 5) is 22.9. The van der Waals surface area contributed by atoms with E-state index in [1.54, 1.807) is 24.3 Å². The Labute approximate surface area is 151 Å². The molecular formula is C22H16NO3-. The first-order valence-corrected chi connectivity index (χ1v) is 8.08. The van der Waals surface area contributed by atoms with Crippen molar-refractivity contribution >= 4 is 17.4 Å². The van der Waals surface area contributed by atoms with Gasteiger partial charge in [-0.1, -0.05) is 66.7 Å². The molecule has 0 fully saturated rings. The summed E-state index contributed by atoms with van der Waals surface area (Å²) in [7, 11) is 0. The zero-order valence-corrected chi connectivity index (χ0v) is 13.9. The lowest BCUT2D eigenvalue weighted by Gasteiger charge is -2.04. The molecule has 0 aliphatic heterocycles. The van der Waals surface area contributed by atoms with Crippen LogP contribution < -0.4 is 10.4 Å². The van der Waals surface area contributed by atoms with Crippen LogP contribution >= 0.6 is 0 Å². The SMILES string of the molecule is O=C([O-])c1ccc(NC=CC(=O)c2ccc(-c3ccccc3)cc2)cc1. The van der Waals surface area contributed by atoms with E-state index in [0.29, 0.717) is 11.3 Å². The van der Waals surface area contributed by atoms with Gasteiger partial charge in [0.15, 0.2) is 5.78 Å². The summed E-state index contributed by atoms with van der Waals surface area (Å²) in [5, 5.41) is 13.6. The van der Waals surface area contributed by atoms with Gasteiger partial charge in [-0.15, -0.1) is 0 Å². The number of carboxylic acids is 1. The third-order valence-corrected chi connectivity index (χ3v) is 3.88. The van der Waals surface area contributed by atoms with Crippen molar-refractivity contribution in [3.8, 4) is 11.1 Å². The second-order valence-electron chi connectivity index (χ2n) is 5.65. The number of carboxylic acid groups (broad SMARTS) is 1. The fourth-order valence-electron chi connectivity index (χ4n) is 2.47. The van der Waals surface area contributed by atoms with Gasteiger partial charge in [0.25, 0.3) is 0 Å². The molecule has 0 aliphatic rings. The number of benzene rings is 3. The second-order valence-corrected chi connectivity index (χ2v) is 5.65. The monoisotopic (exact) mass is 342 g/mol. The van der Waals surface area contributed by atoms with Crippen LogP contribution in [-0.4, -0.2) is 11.8 Å². The number of anilines is 1. The van der Waals surface area contributed by atoms with Gasteiger partial charge in [0.1, 0.15) is 0 Å². The average Bonchev–Trinajstić information content (AvgIpc) is 2.69. The molecule has 0 unspecified atom stereocenters. The molecule has 3 aromatic carbocycles. The lowest BCUT2D eigenvalue weighted by atomic mass is 10.0. The Morgan fingerprint density at radius 3 is 1.92 bits per heavy atom. The number of nitrogens with one attached hydrogen (secondary N) is 1. The maximum Gasteiger partial charge on any atom is 0.187 e. The average molecular weight is 342 g/mol. The summed E-state index contributed by atoms with van der Waals surface area (Å²) in [6, 6.07) is 23.5. The predicted molar refractivity (Wildman–Crippen MR) is 99.7 cm³/mol. The summed E-state index contributed by atoms with van der Waals surface area (Å²) in [6.45, 7) is 0. The number of hydrogen-bond acceptors (Lipinski definition) is 4. The fraction of sp³-hybridized carbons (Fsp3) is 0. The third kappa shape index (κ3) is 4.24. The van der Waals surface area contributed by atoms with Gasteiger partial charge >= 0.3 is 0 Å². The summed E-state index contributed by atoms with van der Waals surface area (Å²) < 4.78 is 0. The van der Waals surface area contributed by atoms with Gasteiger partial charge in [0.05, 0.1) is 5.97 Å². The van der Waals surface area contributed by atoms with Crippen molar-refractivity contribution in [1.29, 1.82) is 0 Å². The number of hydrogen-bond donors (Lipinski definition) is 1. The number of rotatable bonds is 6. The summed E-state index contributed by atoms with van der Waals surface area (Å²) >= 11 is 0. The Balaban J connectivity index is 1.62. The molecule has 0 aliphatic carbocycles. The quantitative estimate of drug-likeness (QED) is 0.550. The van der Waals surface area contributed by atoms with E-state index in [1.807, 2.05) is 42.5 Å². The first kappa shape index (κ1) is 17.2. The van der Waals surface area contributed by atoms with Crippen LogP contribution in [0.3, 0.4) is 0 Å². The van der Waals surface area contributed by atoms with E-state index in [0.717, 1.165) is 11.1 Å². The van der Waals surface area contributed by atoms with Gasteiger partial charge in [0, 0.05) is 23.5 Å². The van der Waals surface area contributed by atoms with E-state index >= 15 is 0 Å². The Hall–Kier alpha value is -3.66. The molecule has 0 radical (unpaired) electrons. The molecule has 26 heavy (non-hydrogen) atoms. The van der Waals surface area contributed by atoms with Crippen LogP contribution in [0.25, 0.3) is 11.1 Å². The molecule has 0 bridgehead atoms. The van der Waals surface area contributed by atoms with Crippen LogP contribution in [0.1, 0.15) is 20.7 Å². The molecule has 3 rings (SSSR count). The molecular weight excluding hydrogens is 326 g/mol. The Kier molecular flexibility index (Phi) is 5.25. The maximum atomic E-state index is 12.2. The highest BCUT2D eigenvalue weighted by Gasteiger charge is 2.03. The number of carbonyl (C=O) groups is 2.